The molecule has 2 aliphatic rings. The van der Waals surface area contributed by atoms with Crippen molar-refractivity contribution in [2.24, 2.45) is 10.9 Å². The van der Waals surface area contributed by atoms with Crippen LogP contribution in [0.3, 0.4) is 0 Å². The Kier molecular flexibility index (Phi) is 10.2. The number of piperazine rings is 1. The number of benzene rings is 1. The fraction of sp³-hybridized carbons (Fsp3) is 0.571. The van der Waals surface area contributed by atoms with Crippen LogP contribution < -0.4 is 5.32 Å². The van der Waals surface area contributed by atoms with Crippen LogP contribution in [0.1, 0.15) is 18.4 Å². The zero-order chi connectivity index (χ0) is 18.0. The van der Waals surface area contributed by atoms with E-state index in [2.05, 4.69) is 62.6 Å². The van der Waals surface area contributed by atoms with Gasteiger partial charge in [0, 0.05) is 52.9 Å². The number of hydrogen-bond acceptors (Lipinski definition) is 3. The van der Waals surface area contributed by atoms with Gasteiger partial charge in [-0.3, -0.25) is 9.89 Å². The standard InChI is InChI=1S/C21H32N4O.HI/c1-22-21(23-11-17-26-18-20-9-10-20)25-15-13-24(14-16-25)12-5-8-19-6-3-2-4-7-19;/h2-8,20H,9-18H2,1H3,(H,22,23);1H/b8-5+;. The largest absolute Gasteiger partial charge is 0.379 e. The minimum Gasteiger partial charge on any atom is -0.379 e. The van der Waals surface area contributed by atoms with Gasteiger partial charge < -0.3 is 15.0 Å². The third kappa shape index (κ3) is 8.19. The van der Waals surface area contributed by atoms with Gasteiger partial charge in [0.2, 0.25) is 0 Å². The van der Waals surface area contributed by atoms with Gasteiger partial charge in [-0.25, -0.2) is 0 Å². The minimum absolute atomic E-state index is 0. The Morgan fingerprint density at radius 1 is 1.19 bits per heavy atom. The van der Waals surface area contributed by atoms with Gasteiger partial charge in [-0.2, -0.15) is 0 Å². The molecule has 27 heavy (non-hydrogen) atoms. The van der Waals surface area contributed by atoms with Gasteiger partial charge in [0.1, 0.15) is 0 Å². The van der Waals surface area contributed by atoms with Crippen LogP contribution in [0.2, 0.25) is 0 Å². The molecular formula is C21H33IN4O. The van der Waals surface area contributed by atoms with Crippen LogP contribution >= 0.6 is 24.0 Å². The van der Waals surface area contributed by atoms with E-state index in [9.17, 15) is 0 Å². The highest BCUT2D eigenvalue weighted by molar-refractivity contribution is 14.0. The van der Waals surface area contributed by atoms with E-state index in [4.69, 9.17) is 4.74 Å². The molecule has 1 saturated carbocycles. The Bertz CT molecular complexity index is 581. The summed E-state index contributed by atoms with van der Waals surface area (Å²) in [5, 5.41) is 3.43. The summed E-state index contributed by atoms with van der Waals surface area (Å²) in [7, 11) is 1.86. The Hall–Kier alpha value is -1.12. The second-order valence-electron chi connectivity index (χ2n) is 7.09. The maximum absolute atomic E-state index is 5.69. The first-order chi connectivity index (χ1) is 12.8. The number of halogens is 1. The number of nitrogens with one attached hydrogen (secondary N) is 1. The summed E-state index contributed by atoms with van der Waals surface area (Å²) < 4.78 is 5.69. The topological polar surface area (TPSA) is 40.1 Å². The first-order valence-corrected chi connectivity index (χ1v) is 9.82. The Balaban J connectivity index is 0.00000261. The van der Waals surface area contributed by atoms with E-state index in [0.29, 0.717) is 0 Å². The van der Waals surface area contributed by atoms with E-state index >= 15 is 0 Å². The molecule has 1 aromatic carbocycles. The molecule has 1 saturated heterocycles. The lowest BCUT2D eigenvalue weighted by molar-refractivity contribution is 0.127. The van der Waals surface area contributed by atoms with Crippen LogP contribution in [0.4, 0.5) is 0 Å². The van der Waals surface area contributed by atoms with Gasteiger partial charge in [-0.15, -0.1) is 24.0 Å². The first-order valence-electron chi connectivity index (χ1n) is 9.82. The normalized spacial score (nSPS) is 18.6. The molecule has 1 aliphatic heterocycles. The van der Waals surface area contributed by atoms with Crippen LogP contribution in [-0.2, 0) is 4.74 Å². The Morgan fingerprint density at radius 2 is 1.93 bits per heavy atom. The number of rotatable bonds is 8. The average Bonchev–Trinajstić information content (AvgIpc) is 3.51. The molecule has 0 bridgehead atoms. The van der Waals surface area contributed by atoms with E-state index in [1.54, 1.807) is 0 Å². The number of nitrogens with zero attached hydrogens (tertiary/aromatic N) is 3. The lowest BCUT2D eigenvalue weighted by atomic mass is 10.2. The van der Waals surface area contributed by atoms with Gasteiger partial charge >= 0.3 is 0 Å². The summed E-state index contributed by atoms with van der Waals surface area (Å²) in [6, 6.07) is 10.5. The molecule has 1 N–H and O–H groups in total. The van der Waals surface area contributed by atoms with Crippen molar-refractivity contribution in [3.05, 3.63) is 42.0 Å². The average molecular weight is 484 g/mol. The molecule has 0 radical (unpaired) electrons. The zero-order valence-corrected chi connectivity index (χ0v) is 18.7. The maximum Gasteiger partial charge on any atom is 0.193 e. The SMILES string of the molecule is CN=C(NCCOCC1CC1)N1CCN(C/C=C/c2ccccc2)CC1.I. The molecule has 6 heteroatoms. The van der Waals surface area contributed by atoms with Gasteiger partial charge in [-0.05, 0) is 24.3 Å². The zero-order valence-electron chi connectivity index (χ0n) is 16.3. The van der Waals surface area contributed by atoms with Crippen molar-refractivity contribution in [2.75, 3.05) is 59.5 Å². The number of hydrogen-bond donors (Lipinski definition) is 1. The highest BCUT2D eigenvalue weighted by Crippen LogP contribution is 2.28. The summed E-state index contributed by atoms with van der Waals surface area (Å²) in [5.74, 6) is 1.83. The van der Waals surface area contributed by atoms with E-state index in [1.165, 1.54) is 18.4 Å². The molecule has 0 spiro atoms. The van der Waals surface area contributed by atoms with Gasteiger partial charge in [0.15, 0.2) is 5.96 Å². The number of ether oxygens (including phenoxy) is 1. The van der Waals surface area contributed by atoms with Gasteiger partial charge in [-0.1, -0.05) is 42.5 Å². The summed E-state index contributed by atoms with van der Waals surface area (Å²) in [5.41, 5.74) is 1.26. The van der Waals surface area contributed by atoms with Crippen molar-refractivity contribution in [3.8, 4) is 0 Å². The van der Waals surface area contributed by atoms with Crippen molar-refractivity contribution in [1.82, 2.24) is 15.1 Å². The predicted molar refractivity (Wildman–Crippen MR) is 124 cm³/mol. The van der Waals surface area contributed by atoms with Crippen LogP contribution in [-0.4, -0.2) is 75.3 Å². The van der Waals surface area contributed by atoms with Crippen molar-refractivity contribution in [3.63, 3.8) is 0 Å². The fourth-order valence-corrected chi connectivity index (χ4v) is 3.15. The summed E-state index contributed by atoms with van der Waals surface area (Å²) in [6.45, 7) is 7.69. The molecule has 5 nitrogen and oxygen atoms in total. The summed E-state index contributed by atoms with van der Waals surface area (Å²) in [4.78, 5) is 9.26. The second-order valence-corrected chi connectivity index (χ2v) is 7.09. The van der Waals surface area contributed by atoms with E-state index in [0.717, 1.165) is 64.4 Å². The monoisotopic (exact) mass is 484 g/mol. The fourth-order valence-electron chi connectivity index (χ4n) is 3.15. The molecule has 0 atom stereocenters. The smallest absolute Gasteiger partial charge is 0.193 e. The quantitative estimate of drug-likeness (QED) is 0.267. The molecule has 0 unspecified atom stereocenters. The predicted octanol–water partition coefficient (Wildman–Crippen LogP) is 2.94. The first kappa shape index (κ1) is 22.2. The molecule has 150 valence electrons. The van der Waals surface area contributed by atoms with Crippen molar-refractivity contribution in [2.45, 2.75) is 12.8 Å². The van der Waals surface area contributed by atoms with Crippen LogP contribution in [0.25, 0.3) is 6.08 Å². The third-order valence-electron chi connectivity index (χ3n) is 4.94. The maximum atomic E-state index is 5.69. The summed E-state index contributed by atoms with van der Waals surface area (Å²) >= 11 is 0. The van der Waals surface area contributed by atoms with Crippen molar-refractivity contribution < 1.29 is 4.74 Å². The molecule has 3 rings (SSSR count). The molecule has 1 aromatic rings. The van der Waals surface area contributed by atoms with Crippen LogP contribution in [0, 0.1) is 5.92 Å². The highest BCUT2D eigenvalue weighted by atomic mass is 127. The molecule has 1 aliphatic carbocycles. The molecular weight excluding hydrogens is 451 g/mol. The van der Waals surface area contributed by atoms with E-state index in [1.807, 2.05) is 7.05 Å². The molecule has 2 fully saturated rings. The third-order valence-corrected chi connectivity index (χ3v) is 4.94. The molecule has 1 heterocycles. The number of aliphatic imine (C=N–C) groups is 1. The highest BCUT2D eigenvalue weighted by Gasteiger charge is 2.21. The van der Waals surface area contributed by atoms with Crippen molar-refractivity contribution in [1.29, 1.82) is 0 Å². The van der Waals surface area contributed by atoms with Crippen LogP contribution in [0.5, 0.6) is 0 Å². The second kappa shape index (κ2) is 12.4. The minimum atomic E-state index is 0. The Labute approximate surface area is 180 Å². The van der Waals surface area contributed by atoms with Crippen LogP contribution in [0.15, 0.2) is 41.4 Å². The van der Waals surface area contributed by atoms with E-state index in [-0.39, 0.29) is 24.0 Å². The lowest BCUT2D eigenvalue weighted by Crippen LogP contribution is -2.52. The lowest BCUT2D eigenvalue weighted by Gasteiger charge is -2.36. The number of guanidine groups is 1. The summed E-state index contributed by atoms with van der Waals surface area (Å²) in [6.07, 6.45) is 7.16. The van der Waals surface area contributed by atoms with Crippen molar-refractivity contribution >= 4 is 36.0 Å². The molecule has 0 aromatic heterocycles. The Morgan fingerprint density at radius 3 is 2.59 bits per heavy atom. The van der Waals surface area contributed by atoms with Gasteiger partial charge in [0.05, 0.1) is 6.61 Å². The van der Waals surface area contributed by atoms with Gasteiger partial charge in [0.25, 0.3) is 0 Å². The van der Waals surface area contributed by atoms with E-state index < -0.39 is 0 Å². The molecule has 0 amide bonds.